The van der Waals surface area contributed by atoms with E-state index in [9.17, 15) is 9.59 Å². The third-order valence-electron chi connectivity index (χ3n) is 3.92. The normalized spacial score (nSPS) is 13.7. The molecule has 5 nitrogen and oxygen atoms in total. The molecular formula is C20H29NO4. The molecular weight excluding hydrogens is 318 g/mol. The molecule has 2 unspecified atom stereocenters. The standard InChI is InChI=1S/C20H29NO4/c1-4-6-7-8-9-16-10-12-17(13-11-16)20(24)15(3)25-21-18(5-2)14-19(22)23/h8-13,15,18,21H,4-7,14H2,1-3H3,(H,22,23). The van der Waals surface area contributed by atoms with Crippen molar-refractivity contribution in [3.05, 3.63) is 41.5 Å². The van der Waals surface area contributed by atoms with Crippen LogP contribution in [0, 0.1) is 0 Å². The molecule has 1 aromatic rings. The molecule has 1 rings (SSSR count). The number of unbranched alkanes of at least 4 members (excludes halogenated alkanes) is 2. The summed E-state index contributed by atoms with van der Waals surface area (Å²) >= 11 is 0. The smallest absolute Gasteiger partial charge is 0.305 e. The predicted octanol–water partition coefficient (Wildman–Crippen LogP) is 4.24. The van der Waals surface area contributed by atoms with Crippen molar-refractivity contribution in [2.75, 3.05) is 0 Å². The van der Waals surface area contributed by atoms with E-state index in [-0.39, 0.29) is 18.2 Å². The molecule has 0 saturated heterocycles. The number of aliphatic carboxylic acids is 1. The molecule has 0 radical (unpaired) electrons. The molecule has 1 aromatic carbocycles. The number of carbonyl (C=O) groups is 2. The Kier molecular flexibility index (Phi) is 9.73. The first kappa shape index (κ1) is 21.1. The van der Waals surface area contributed by atoms with Crippen LogP contribution in [0.3, 0.4) is 0 Å². The van der Waals surface area contributed by atoms with Crippen LogP contribution in [0.4, 0.5) is 0 Å². The molecule has 25 heavy (non-hydrogen) atoms. The van der Waals surface area contributed by atoms with Gasteiger partial charge < -0.3 is 5.11 Å². The predicted molar refractivity (Wildman–Crippen MR) is 99.3 cm³/mol. The number of hydroxylamine groups is 1. The minimum absolute atomic E-state index is 0.0452. The van der Waals surface area contributed by atoms with Gasteiger partial charge in [-0.2, -0.15) is 5.48 Å². The molecule has 0 spiro atoms. The van der Waals surface area contributed by atoms with E-state index >= 15 is 0 Å². The number of carboxylic acids is 1. The molecule has 2 N–H and O–H groups in total. The molecule has 5 heteroatoms. The van der Waals surface area contributed by atoms with Gasteiger partial charge in [0.2, 0.25) is 0 Å². The molecule has 138 valence electrons. The number of carbonyl (C=O) groups excluding carboxylic acids is 1. The number of ketones is 1. The van der Waals surface area contributed by atoms with E-state index in [1.807, 2.05) is 19.1 Å². The van der Waals surface area contributed by atoms with Gasteiger partial charge in [0.05, 0.1) is 6.42 Å². The Morgan fingerprint density at radius 1 is 1.24 bits per heavy atom. The number of hydrogen-bond donors (Lipinski definition) is 2. The van der Waals surface area contributed by atoms with E-state index in [0.717, 1.165) is 12.0 Å². The maximum absolute atomic E-state index is 12.4. The Bertz CT molecular complexity index is 566. The van der Waals surface area contributed by atoms with E-state index in [1.165, 1.54) is 12.8 Å². The van der Waals surface area contributed by atoms with Crippen molar-refractivity contribution in [2.24, 2.45) is 0 Å². The van der Waals surface area contributed by atoms with Gasteiger partial charge in [-0.05, 0) is 25.3 Å². The summed E-state index contributed by atoms with van der Waals surface area (Å²) in [6.45, 7) is 5.68. The number of rotatable bonds is 12. The summed E-state index contributed by atoms with van der Waals surface area (Å²) in [6, 6.07) is 7.08. The lowest BCUT2D eigenvalue weighted by Gasteiger charge is -2.18. The molecule has 0 fully saturated rings. The maximum Gasteiger partial charge on any atom is 0.305 e. The first-order chi connectivity index (χ1) is 12.0. The summed E-state index contributed by atoms with van der Waals surface area (Å²) in [5.74, 6) is -1.04. The van der Waals surface area contributed by atoms with Gasteiger partial charge in [0, 0.05) is 11.6 Å². The Morgan fingerprint density at radius 3 is 2.48 bits per heavy atom. The number of nitrogens with one attached hydrogen (secondary N) is 1. The number of hydrogen-bond acceptors (Lipinski definition) is 4. The fourth-order valence-corrected chi connectivity index (χ4v) is 2.27. The SMILES string of the molecule is CCCCC=Cc1ccc(C(=O)C(C)ONC(CC)CC(=O)O)cc1. The van der Waals surface area contributed by atoms with E-state index in [4.69, 9.17) is 9.94 Å². The lowest BCUT2D eigenvalue weighted by molar-refractivity contribution is -0.139. The quantitative estimate of drug-likeness (QED) is 0.336. The number of benzene rings is 1. The Morgan fingerprint density at radius 2 is 1.92 bits per heavy atom. The minimum Gasteiger partial charge on any atom is -0.481 e. The van der Waals surface area contributed by atoms with E-state index in [0.29, 0.717) is 12.0 Å². The van der Waals surface area contributed by atoms with Crippen LogP contribution in [0.5, 0.6) is 0 Å². The fraction of sp³-hybridized carbons (Fsp3) is 0.500. The average Bonchev–Trinajstić information content (AvgIpc) is 2.61. The molecule has 2 atom stereocenters. The van der Waals surface area contributed by atoms with Gasteiger partial charge in [0.25, 0.3) is 0 Å². The summed E-state index contributed by atoms with van der Waals surface area (Å²) in [7, 11) is 0. The summed E-state index contributed by atoms with van der Waals surface area (Å²) in [5.41, 5.74) is 4.33. The lowest BCUT2D eigenvalue weighted by Crippen LogP contribution is -2.36. The molecule has 0 aliphatic carbocycles. The highest BCUT2D eigenvalue weighted by atomic mass is 16.7. The zero-order valence-electron chi connectivity index (χ0n) is 15.3. The Labute approximate surface area is 150 Å². The van der Waals surface area contributed by atoms with Gasteiger partial charge in [-0.25, -0.2) is 0 Å². The Hall–Kier alpha value is -1.98. The fourth-order valence-electron chi connectivity index (χ4n) is 2.27. The monoisotopic (exact) mass is 347 g/mol. The number of Topliss-reactive ketones (excluding diaryl/α,β-unsaturated/α-hetero) is 1. The van der Waals surface area contributed by atoms with Crippen molar-refractivity contribution in [3.63, 3.8) is 0 Å². The van der Waals surface area contributed by atoms with Crippen molar-refractivity contribution >= 4 is 17.8 Å². The highest BCUT2D eigenvalue weighted by molar-refractivity contribution is 5.99. The van der Waals surface area contributed by atoms with Gasteiger partial charge in [-0.15, -0.1) is 0 Å². The second-order valence-corrected chi connectivity index (χ2v) is 6.11. The topological polar surface area (TPSA) is 75.6 Å². The second kappa shape index (κ2) is 11.6. The molecule has 0 aromatic heterocycles. The molecule has 0 aliphatic heterocycles. The van der Waals surface area contributed by atoms with Crippen LogP contribution in [0.15, 0.2) is 30.3 Å². The number of allylic oxidation sites excluding steroid dienone is 1. The highest BCUT2D eigenvalue weighted by Gasteiger charge is 2.18. The zero-order chi connectivity index (χ0) is 18.7. The third-order valence-corrected chi connectivity index (χ3v) is 3.92. The Balaban J connectivity index is 2.54. The van der Waals surface area contributed by atoms with E-state index < -0.39 is 12.1 Å². The van der Waals surface area contributed by atoms with Crippen LogP contribution >= 0.6 is 0 Å². The van der Waals surface area contributed by atoms with Crippen molar-refractivity contribution in [1.29, 1.82) is 0 Å². The van der Waals surface area contributed by atoms with Gasteiger partial charge in [0.1, 0.15) is 6.10 Å². The second-order valence-electron chi connectivity index (χ2n) is 6.11. The molecule has 0 saturated carbocycles. The van der Waals surface area contributed by atoms with E-state index in [1.54, 1.807) is 19.1 Å². The molecule has 0 aliphatic rings. The summed E-state index contributed by atoms with van der Waals surface area (Å²) in [6.07, 6.45) is 7.48. The lowest BCUT2D eigenvalue weighted by atomic mass is 10.0. The minimum atomic E-state index is -0.899. The van der Waals surface area contributed by atoms with Crippen molar-refractivity contribution < 1.29 is 19.5 Å². The highest BCUT2D eigenvalue weighted by Crippen LogP contribution is 2.11. The van der Waals surface area contributed by atoms with E-state index in [2.05, 4.69) is 24.6 Å². The molecule has 0 bridgehead atoms. The largest absolute Gasteiger partial charge is 0.481 e. The summed E-state index contributed by atoms with van der Waals surface area (Å²) in [5, 5.41) is 8.82. The number of carboxylic acid groups (broad SMARTS) is 1. The zero-order valence-corrected chi connectivity index (χ0v) is 15.3. The van der Waals surface area contributed by atoms with Crippen LogP contribution in [0.1, 0.15) is 68.8 Å². The first-order valence-corrected chi connectivity index (χ1v) is 8.91. The summed E-state index contributed by atoms with van der Waals surface area (Å²) < 4.78 is 0. The van der Waals surface area contributed by atoms with Crippen LogP contribution in [0.25, 0.3) is 6.08 Å². The maximum atomic E-state index is 12.4. The van der Waals surface area contributed by atoms with Crippen molar-refractivity contribution in [1.82, 2.24) is 5.48 Å². The van der Waals surface area contributed by atoms with Crippen molar-refractivity contribution in [3.8, 4) is 0 Å². The van der Waals surface area contributed by atoms with Crippen LogP contribution < -0.4 is 5.48 Å². The van der Waals surface area contributed by atoms with Gasteiger partial charge >= 0.3 is 5.97 Å². The third kappa shape index (κ3) is 8.09. The first-order valence-electron chi connectivity index (χ1n) is 8.91. The van der Waals surface area contributed by atoms with Crippen LogP contribution in [-0.4, -0.2) is 29.0 Å². The molecule has 0 heterocycles. The van der Waals surface area contributed by atoms with Gasteiger partial charge in [-0.1, -0.05) is 63.1 Å². The summed E-state index contributed by atoms with van der Waals surface area (Å²) in [4.78, 5) is 28.5. The molecule has 0 amide bonds. The van der Waals surface area contributed by atoms with Gasteiger partial charge in [0.15, 0.2) is 5.78 Å². The van der Waals surface area contributed by atoms with Gasteiger partial charge in [-0.3, -0.25) is 14.4 Å². The average molecular weight is 347 g/mol. The van der Waals surface area contributed by atoms with Crippen LogP contribution in [-0.2, 0) is 9.63 Å². The van der Waals surface area contributed by atoms with Crippen molar-refractivity contribution in [2.45, 2.75) is 65.0 Å². The van der Waals surface area contributed by atoms with Crippen LogP contribution in [0.2, 0.25) is 0 Å².